The minimum Gasteiger partial charge on any atom is -0.464 e. The third-order valence-corrected chi connectivity index (χ3v) is 11.1. The summed E-state index contributed by atoms with van der Waals surface area (Å²) in [5, 5.41) is 13.8. The van der Waals surface area contributed by atoms with Gasteiger partial charge in [-0.1, -0.05) is 66.2 Å². The van der Waals surface area contributed by atoms with Crippen molar-refractivity contribution in [3.8, 4) is 0 Å². The molecular weight excluding hydrogens is 624 g/mol. The number of aliphatic hydroxyl groups excluding tert-OH is 1. The van der Waals surface area contributed by atoms with Crippen LogP contribution in [-0.4, -0.2) is 80.2 Å². The fourth-order valence-corrected chi connectivity index (χ4v) is 8.45. The molecule has 2 N–H and O–H groups in total. The summed E-state index contributed by atoms with van der Waals surface area (Å²) >= 11 is 0. The summed E-state index contributed by atoms with van der Waals surface area (Å²) in [6, 6.07) is -1.54. The highest BCUT2D eigenvalue weighted by Crippen LogP contribution is 2.44. The van der Waals surface area contributed by atoms with Gasteiger partial charge in [-0.2, -0.15) is 0 Å². The van der Waals surface area contributed by atoms with E-state index in [1.54, 1.807) is 11.8 Å². The smallest absolute Gasteiger partial charge is 0.335 e. The molecule has 49 heavy (non-hydrogen) atoms. The fraction of sp³-hybridized carbons (Fsp3) is 0.763. The fourth-order valence-electron chi connectivity index (χ4n) is 8.45. The van der Waals surface area contributed by atoms with Gasteiger partial charge in [0.1, 0.15) is 5.69 Å². The second kappa shape index (κ2) is 17.6. The number of carbonyl (C=O) groups excluding carboxylic acids is 5. The molecule has 2 aliphatic carbocycles. The predicted molar refractivity (Wildman–Crippen MR) is 184 cm³/mol. The van der Waals surface area contributed by atoms with Gasteiger partial charge in [-0.05, 0) is 62.7 Å². The lowest BCUT2D eigenvalue weighted by atomic mass is 9.73. The zero-order chi connectivity index (χ0) is 35.7. The summed E-state index contributed by atoms with van der Waals surface area (Å²) in [4.78, 5) is 79.0. The van der Waals surface area contributed by atoms with Crippen LogP contribution in [0.4, 0.5) is 0 Å². The third-order valence-electron chi connectivity index (χ3n) is 11.1. The number of fused-ring (bicyclic) bond motifs is 1. The number of aromatic nitrogens is 2. The van der Waals surface area contributed by atoms with Gasteiger partial charge in [-0.3, -0.25) is 24.2 Å². The average Bonchev–Trinajstić information content (AvgIpc) is 3.49. The lowest BCUT2D eigenvalue weighted by Gasteiger charge is -2.40. The van der Waals surface area contributed by atoms with E-state index in [-0.39, 0.29) is 60.5 Å². The number of rotatable bonds is 15. The van der Waals surface area contributed by atoms with Crippen LogP contribution in [0.1, 0.15) is 135 Å². The van der Waals surface area contributed by atoms with Gasteiger partial charge in [0.05, 0.1) is 24.9 Å². The summed E-state index contributed by atoms with van der Waals surface area (Å²) in [6.45, 7) is 9.61. The topological polar surface area (TPSA) is 156 Å². The minimum atomic E-state index is -1.41. The summed E-state index contributed by atoms with van der Waals surface area (Å²) in [6.07, 6.45) is 12.9. The maximum atomic E-state index is 14.9. The number of esters is 1. The zero-order valence-electron chi connectivity index (χ0n) is 30.2. The summed E-state index contributed by atoms with van der Waals surface area (Å²) in [5.41, 5.74) is -0.472. The molecule has 0 spiro atoms. The molecule has 1 aromatic rings. The monoisotopic (exact) mass is 682 g/mol. The molecule has 3 unspecified atom stereocenters. The standard InChI is InChI=1S/C38H58N4O7/c1-6-13-26(34(45)37(48)49-7-2)21-31(43)30-20-25-16-11-12-17-29(25)42(30)36(47)27(38(3,4)5)22-32(44)33(24-14-9-8-10-15-24)41-35(46)28-23-39-18-19-40-28/h18-19,23-27,29-30,33-34,45H,6-17,20-22H2,1-5H3,(H,41,46)/t25?,26-,27-,29?,30+,33+,34?/m1/s1. The largest absolute Gasteiger partial charge is 0.464 e. The van der Waals surface area contributed by atoms with Gasteiger partial charge in [0.2, 0.25) is 5.91 Å². The van der Waals surface area contributed by atoms with Crippen molar-refractivity contribution < 1.29 is 33.8 Å². The van der Waals surface area contributed by atoms with Crippen LogP contribution in [0.15, 0.2) is 18.6 Å². The quantitative estimate of drug-likeness (QED) is 0.236. The van der Waals surface area contributed by atoms with Gasteiger partial charge in [0, 0.05) is 43.1 Å². The number of ketones is 2. The second-order valence-corrected chi connectivity index (χ2v) is 15.6. The van der Waals surface area contributed by atoms with Gasteiger partial charge in [-0.25, -0.2) is 9.78 Å². The Kier molecular flexibility index (Phi) is 13.9. The molecule has 11 heteroatoms. The molecule has 7 atom stereocenters. The molecule has 1 aromatic heterocycles. The number of nitrogens with zero attached hydrogens (tertiary/aromatic N) is 3. The first-order chi connectivity index (χ1) is 23.4. The van der Waals surface area contributed by atoms with Crippen LogP contribution in [0.3, 0.4) is 0 Å². The van der Waals surface area contributed by atoms with Gasteiger partial charge in [0.25, 0.3) is 5.91 Å². The van der Waals surface area contributed by atoms with Crippen LogP contribution in [-0.2, 0) is 23.9 Å². The number of hydrogen-bond donors (Lipinski definition) is 2. The normalized spacial score (nSPS) is 23.9. The molecule has 272 valence electrons. The maximum Gasteiger partial charge on any atom is 0.335 e. The van der Waals surface area contributed by atoms with E-state index in [2.05, 4.69) is 15.3 Å². The Balaban J connectivity index is 1.60. The van der Waals surface area contributed by atoms with Crippen LogP contribution in [0.5, 0.6) is 0 Å². The first kappa shape index (κ1) is 38.6. The Morgan fingerprint density at radius 3 is 2.31 bits per heavy atom. The van der Waals surface area contributed by atoms with E-state index in [0.29, 0.717) is 19.3 Å². The van der Waals surface area contributed by atoms with Crippen molar-refractivity contribution in [2.24, 2.45) is 29.1 Å². The minimum absolute atomic E-state index is 0.0288. The number of aliphatic hydroxyl groups is 1. The lowest BCUT2D eigenvalue weighted by Crippen LogP contribution is -2.53. The molecule has 0 aromatic carbocycles. The molecular formula is C38H58N4O7. The summed E-state index contributed by atoms with van der Waals surface area (Å²) < 4.78 is 5.06. The molecule has 1 aliphatic heterocycles. The number of nitrogens with one attached hydrogen (secondary N) is 1. The molecule has 2 saturated carbocycles. The average molecular weight is 683 g/mol. The van der Waals surface area contributed by atoms with E-state index in [9.17, 15) is 29.1 Å². The second-order valence-electron chi connectivity index (χ2n) is 15.6. The van der Waals surface area contributed by atoms with Crippen LogP contribution in [0, 0.1) is 29.1 Å². The van der Waals surface area contributed by atoms with Crippen molar-refractivity contribution in [1.29, 1.82) is 0 Å². The van der Waals surface area contributed by atoms with E-state index >= 15 is 0 Å². The van der Waals surface area contributed by atoms with E-state index in [1.807, 2.05) is 27.7 Å². The predicted octanol–water partition coefficient (Wildman–Crippen LogP) is 5.24. The first-order valence-electron chi connectivity index (χ1n) is 18.7. The van der Waals surface area contributed by atoms with Crippen LogP contribution >= 0.6 is 0 Å². The van der Waals surface area contributed by atoms with Crippen LogP contribution < -0.4 is 5.32 Å². The van der Waals surface area contributed by atoms with Crippen molar-refractivity contribution in [1.82, 2.24) is 20.2 Å². The Morgan fingerprint density at radius 1 is 0.980 bits per heavy atom. The summed E-state index contributed by atoms with van der Waals surface area (Å²) in [7, 11) is 0. The molecule has 4 rings (SSSR count). The highest BCUT2D eigenvalue weighted by atomic mass is 16.5. The van der Waals surface area contributed by atoms with Crippen LogP contribution in [0.2, 0.25) is 0 Å². The number of amides is 2. The van der Waals surface area contributed by atoms with Gasteiger partial charge in [-0.15, -0.1) is 0 Å². The number of Topliss-reactive ketones (excluding diaryl/α,β-unsaturated/α-hetero) is 2. The zero-order valence-corrected chi connectivity index (χ0v) is 30.2. The van der Waals surface area contributed by atoms with Gasteiger partial charge >= 0.3 is 5.97 Å². The number of likely N-dealkylation sites (tertiary alicyclic amines) is 1. The molecule has 2 amide bonds. The molecule has 3 aliphatic rings. The molecule has 11 nitrogen and oxygen atoms in total. The van der Waals surface area contributed by atoms with E-state index in [4.69, 9.17) is 4.74 Å². The van der Waals surface area contributed by atoms with Crippen molar-refractivity contribution in [3.05, 3.63) is 24.3 Å². The SMILES string of the molecule is CCC[C@H](CC(=O)[C@@H]1CC2CCCCC2N1C(=O)[C@@H](CC(=O)[C@@H](NC(=O)c1cnccn1)C1CCCCC1)C(C)(C)C)C(O)C(=O)OCC. The Labute approximate surface area is 291 Å². The number of ether oxygens (including phenoxy) is 1. The third kappa shape index (κ3) is 9.73. The van der Waals surface area contributed by atoms with Crippen LogP contribution in [0.25, 0.3) is 0 Å². The highest BCUT2D eigenvalue weighted by Gasteiger charge is 2.51. The maximum absolute atomic E-state index is 14.9. The molecule has 0 bridgehead atoms. The summed E-state index contributed by atoms with van der Waals surface area (Å²) in [5.74, 6) is -2.90. The highest BCUT2D eigenvalue weighted by molar-refractivity contribution is 5.98. The van der Waals surface area contributed by atoms with Crippen molar-refractivity contribution in [2.75, 3.05) is 6.61 Å². The first-order valence-corrected chi connectivity index (χ1v) is 18.7. The number of hydrogen-bond acceptors (Lipinski definition) is 9. The van der Waals surface area contributed by atoms with E-state index in [0.717, 1.165) is 57.8 Å². The van der Waals surface area contributed by atoms with Crippen molar-refractivity contribution in [2.45, 2.75) is 149 Å². The number of carbonyl (C=O) groups is 5. The van der Waals surface area contributed by atoms with E-state index in [1.165, 1.54) is 18.6 Å². The lowest BCUT2D eigenvalue weighted by molar-refractivity contribution is -0.157. The van der Waals surface area contributed by atoms with Crippen molar-refractivity contribution in [3.63, 3.8) is 0 Å². The van der Waals surface area contributed by atoms with E-state index < -0.39 is 47.3 Å². The Morgan fingerprint density at radius 2 is 1.67 bits per heavy atom. The Bertz CT molecular complexity index is 1290. The molecule has 2 heterocycles. The molecule has 3 fully saturated rings. The van der Waals surface area contributed by atoms with Gasteiger partial charge < -0.3 is 20.1 Å². The van der Waals surface area contributed by atoms with Gasteiger partial charge in [0.15, 0.2) is 17.7 Å². The molecule has 0 radical (unpaired) electrons. The Hall–Kier alpha value is -3.21. The molecule has 1 saturated heterocycles. The van der Waals surface area contributed by atoms with Crippen molar-refractivity contribution >= 4 is 29.4 Å².